The maximum absolute atomic E-state index is 12.6. The molecule has 10 N–H and O–H groups in total. The van der Waals surface area contributed by atoms with Crippen molar-refractivity contribution in [3.05, 3.63) is 0 Å². The van der Waals surface area contributed by atoms with Crippen molar-refractivity contribution in [1.29, 1.82) is 0 Å². The van der Waals surface area contributed by atoms with Crippen LogP contribution in [0.4, 0.5) is 0 Å². The maximum Gasteiger partial charge on any atom is 0.328 e. The van der Waals surface area contributed by atoms with E-state index in [1.54, 1.807) is 13.8 Å². The fourth-order valence-corrected chi connectivity index (χ4v) is 2.36. The lowest BCUT2D eigenvalue weighted by atomic mass is 10.0. The van der Waals surface area contributed by atoms with Crippen LogP contribution < -0.4 is 27.4 Å². The van der Waals surface area contributed by atoms with Gasteiger partial charge in [-0.1, -0.05) is 13.8 Å². The lowest BCUT2D eigenvalue weighted by Crippen LogP contribution is -2.59. The van der Waals surface area contributed by atoms with Crippen molar-refractivity contribution in [2.75, 3.05) is 6.61 Å². The number of aliphatic hydroxyl groups is 1. The van der Waals surface area contributed by atoms with E-state index >= 15 is 0 Å². The van der Waals surface area contributed by atoms with Gasteiger partial charge in [-0.05, 0) is 12.3 Å². The zero-order chi connectivity index (χ0) is 24.3. The summed E-state index contributed by atoms with van der Waals surface area (Å²) in [6.07, 6.45) is -1.36. The molecule has 14 nitrogen and oxygen atoms in total. The van der Waals surface area contributed by atoms with E-state index < -0.39 is 85.1 Å². The molecule has 0 aromatic carbocycles. The summed E-state index contributed by atoms with van der Waals surface area (Å²) >= 11 is 0. The zero-order valence-corrected chi connectivity index (χ0v) is 17.2. The minimum Gasteiger partial charge on any atom is -0.481 e. The van der Waals surface area contributed by atoms with Gasteiger partial charge in [-0.15, -0.1) is 0 Å². The summed E-state index contributed by atoms with van der Waals surface area (Å²) in [4.78, 5) is 69.9. The summed E-state index contributed by atoms with van der Waals surface area (Å²) in [5.74, 6) is -6.89. The molecule has 0 fully saturated rings. The Labute approximate surface area is 177 Å². The van der Waals surface area contributed by atoms with Crippen LogP contribution >= 0.6 is 0 Å². The van der Waals surface area contributed by atoms with Gasteiger partial charge in [-0.3, -0.25) is 24.0 Å². The number of amides is 4. The van der Waals surface area contributed by atoms with Crippen LogP contribution in [0, 0.1) is 5.92 Å². The Hall–Kier alpha value is -3.26. The van der Waals surface area contributed by atoms with Crippen LogP contribution in [0.3, 0.4) is 0 Å². The summed E-state index contributed by atoms with van der Waals surface area (Å²) in [5, 5.41) is 33.5. The van der Waals surface area contributed by atoms with Crippen molar-refractivity contribution >= 4 is 35.6 Å². The van der Waals surface area contributed by atoms with Gasteiger partial charge in [-0.25, -0.2) is 4.79 Å². The third kappa shape index (κ3) is 10.4. The van der Waals surface area contributed by atoms with Gasteiger partial charge in [0, 0.05) is 6.42 Å². The number of aliphatic hydroxyl groups excluding tert-OH is 1. The third-order valence-electron chi connectivity index (χ3n) is 4.08. The van der Waals surface area contributed by atoms with E-state index in [-0.39, 0.29) is 6.42 Å². The second-order valence-corrected chi connectivity index (χ2v) is 7.08. The van der Waals surface area contributed by atoms with Crippen LogP contribution in [-0.4, -0.2) is 81.7 Å². The molecule has 176 valence electrons. The molecule has 14 heteroatoms. The van der Waals surface area contributed by atoms with Crippen molar-refractivity contribution in [2.45, 2.75) is 57.3 Å². The molecular weight excluding hydrogens is 418 g/mol. The van der Waals surface area contributed by atoms with E-state index in [0.717, 1.165) is 0 Å². The smallest absolute Gasteiger partial charge is 0.328 e. The number of rotatable bonds is 14. The highest BCUT2D eigenvalue weighted by molar-refractivity contribution is 5.95. The van der Waals surface area contributed by atoms with Gasteiger partial charge in [-0.2, -0.15) is 0 Å². The molecule has 0 saturated carbocycles. The first-order valence-electron chi connectivity index (χ1n) is 9.30. The molecule has 0 bridgehead atoms. The average molecular weight is 447 g/mol. The molecule has 4 unspecified atom stereocenters. The first-order valence-corrected chi connectivity index (χ1v) is 9.30. The summed E-state index contributed by atoms with van der Waals surface area (Å²) in [6.45, 7) is 2.22. The van der Waals surface area contributed by atoms with E-state index in [1.165, 1.54) is 0 Å². The quantitative estimate of drug-likeness (QED) is 0.129. The predicted molar refractivity (Wildman–Crippen MR) is 104 cm³/mol. The monoisotopic (exact) mass is 447 g/mol. The minimum absolute atomic E-state index is 0.350. The van der Waals surface area contributed by atoms with Crippen molar-refractivity contribution in [2.24, 2.45) is 17.4 Å². The van der Waals surface area contributed by atoms with E-state index in [4.69, 9.17) is 26.8 Å². The fourth-order valence-electron chi connectivity index (χ4n) is 2.36. The number of hydrogen-bond donors (Lipinski definition) is 8. The molecule has 4 atom stereocenters. The van der Waals surface area contributed by atoms with Crippen LogP contribution in [0.15, 0.2) is 0 Å². The van der Waals surface area contributed by atoms with Crippen LogP contribution in [0.2, 0.25) is 0 Å². The van der Waals surface area contributed by atoms with Gasteiger partial charge in [0.05, 0.1) is 19.1 Å². The fraction of sp³-hybridized carbons (Fsp3) is 0.647. The molecule has 0 aliphatic carbocycles. The molecule has 0 saturated heterocycles. The van der Waals surface area contributed by atoms with E-state index in [9.17, 15) is 28.8 Å². The SMILES string of the molecule is CC(C)C(NC(=O)C(CCC(=O)O)NC(=O)C(N)CC(N)=O)C(=O)NC(CO)C(=O)O. The average Bonchev–Trinajstić information content (AvgIpc) is 2.65. The topological polar surface area (TPSA) is 251 Å². The van der Waals surface area contributed by atoms with Crippen LogP contribution in [-0.2, 0) is 28.8 Å². The molecule has 0 aliphatic heterocycles. The molecule has 4 amide bonds. The number of nitrogens with one attached hydrogen (secondary N) is 3. The standard InChI is InChI=1S/C17H29N5O9/c1-7(2)13(16(29)21-10(6-23)17(30)31)22-15(28)9(3-4-12(25)26)20-14(27)8(18)5-11(19)24/h7-10,13,23H,3-6,18H2,1-2H3,(H2,19,24)(H,20,27)(H,21,29)(H,22,28)(H,25,26)(H,30,31). The summed E-state index contributed by atoms with van der Waals surface area (Å²) in [7, 11) is 0. The van der Waals surface area contributed by atoms with Crippen molar-refractivity contribution < 1.29 is 44.1 Å². The van der Waals surface area contributed by atoms with Gasteiger partial charge in [0.25, 0.3) is 0 Å². The molecule has 0 heterocycles. The second kappa shape index (κ2) is 13.1. The molecule has 0 rings (SSSR count). The second-order valence-electron chi connectivity index (χ2n) is 7.08. The molecule has 0 spiro atoms. The predicted octanol–water partition coefficient (Wildman–Crippen LogP) is -3.76. The Bertz CT molecular complexity index is 697. The van der Waals surface area contributed by atoms with Gasteiger partial charge < -0.3 is 42.7 Å². The van der Waals surface area contributed by atoms with Gasteiger partial charge in [0.1, 0.15) is 18.1 Å². The highest BCUT2D eigenvalue weighted by Gasteiger charge is 2.32. The van der Waals surface area contributed by atoms with Gasteiger partial charge >= 0.3 is 11.9 Å². The van der Waals surface area contributed by atoms with Crippen LogP contribution in [0.1, 0.15) is 33.1 Å². The minimum atomic E-state index is -1.60. The highest BCUT2D eigenvalue weighted by Crippen LogP contribution is 2.06. The Morgan fingerprint density at radius 3 is 1.84 bits per heavy atom. The molecule has 31 heavy (non-hydrogen) atoms. The Kier molecular flexibility index (Phi) is 11.7. The normalized spacial score (nSPS) is 14.6. The van der Waals surface area contributed by atoms with Gasteiger partial charge in [0.2, 0.25) is 23.6 Å². The van der Waals surface area contributed by atoms with E-state index in [0.29, 0.717) is 0 Å². The van der Waals surface area contributed by atoms with E-state index in [2.05, 4.69) is 16.0 Å². The first kappa shape index (κ1) is 27.7. The Morgan fingerprint density at radius 1 is 0.871 bits per heavy atom. The highest BCUT2D eigenvalue weighted by atomic mass is 16.4. The lowest BCUT2D eigenvalue weighted by molar-refractivity contribution is -0.143. The van der Waals surface area contributed by atoms with E-state index in [1.807, 2.05) is 0 Å². The summed E-state index contributed by atoms with van der Waals surface area (Å²) in [5.41, 5.74) is 10.5. The molecule has 0 radical (unpaired) electrons. The Balaban J connectivity index is 5.42. The number of carbonyl (C=O) groups is 6. The zero-order valence-electron chi connectivity index (χ0n) is 17.2. The van der Waals surface area contributed by atoms with Crippen molar-refractivity contribution in [3.63, 3.8) is 0 Å². The van der Waals surface area contributed by atoms with Crippen LogP contribution in [0.5, 0.6) is 0 Å². The van der Waals surface area contributed by atoms with Crippen molar-refractivity contribution in [1.82, 2.24) is 16.0 Å². The number of nitrogens with two attached hydrogens (primary N) is 2. The number of carboxylic acids is 2. The largest absolute Gasteiger partial charge is 0.481 e. The van der Waals surface area contributed by atoms with Crippen LogP contribution in [0.25, 0.3) is 0 Å². The molecule has 0 aliphatic rings. The summed E-state index contributed by atoms with van der Waals surface area (Å²) < 4.78 is 0. The number of carbonyl (C=O) groups excluding carboxylic acids is 4. The number of hydrogen-bond acceptors (Lipinski definition) is 8. The lowest BCUT2D eigenvalue weighted by Gasteiger charge is -2.26. The maximum atomic E-state index is 12.6. The summed E-state index contributed by atoms with van der Waals surface area (Å²) in [6, 6.07) is -5.64. The number of carboxylic acid groups (broad SMARTS) is 2. The molecular formula is C17H29N5O9. The molecule has 0 aromatic heterocycles. The molecule has 0 aromatic rings. The number of aliphatic carboxylic acids is 2. The van der Waals surface area contributed by atoms with Crippen molar-refractivity contribution in [3.8, 4) is 0 Å². The third-order valence-corrected chi connectivity index (χ3v) is 4.08. The first-order chi connectivity index (χ1) is 14.3. The van der Waals surface area contributed by atoms with Gasteiger partial charge in [0.15, 0.2) is 0 Å². The Morgan fingerprint density at radius 2 is 1.42 bits per heavy atom. The number of primary amides is 1.